The highest BCUT2D eigenvalue weighted by atomic mass is 16.5. The average Bonchev–Trinajstić information content (AvgIpc) is 3.60. The Bertz CT molecular complexity index is 1500. The second-order valence-corrected chi connectivity index (χ2v) is 9.45. The third-order valence-electron chi connectivity index (χ3n) is 6.65. The van der Waals surface area contributed by atoms with Crippen molar-refractivity contribution in [1.29, 1.82) is 0 Å². The Labute approximate surface area is 208 Å². The SMILES string of the molecule is CC#CCn1c(N2CCCC(N)C2)nc2c1c(=O)n(CC(=O)c1cccc(OC3CC3)c1)c(=O)n2C. The number of ether oxygens (including phenoxy) is 1. The summed E-state index contributed by atoms with van der Waals surface area (Å²) in [5.74, 6) is 6.69. The fourth-order valence-corrected chi connectivity index (χ4v) is 4.60. The van der Waals surface area contributed by atoms with Gasteiger partial charge >= 0.3 is 5.69 Å². The van der Waals surface area contributed by atoms with Crippen LogP contribution in [-0.2, 0) is 20.1 Å². The van der Waals surface area contributed by atoms with E-state index in [4.69, 9.17) is 10.5 Å². The third-order valence-corrected chi connectivity index (χ3v) is 6.65. The minimum atomic E-state index is -0.598. The maximum absolute atomic E-state index is 13.7. The van der Waals surface area contributed by atoms with Gasteiger partial charge in [-0.1, -0.05) is 18.1 Å². The Morgan fingerprint density at radius 3 is 2.75 bits per heavy atom. The van der Waals surface area contributed by atoms with Gasteiger partial charge in [-0.15, -0.1) is 5.92 Å². The topological polar surface area (TPSA) is 117 Å². The molecule has 3 heterocycles. The van der Waals surface area contributed by atoms with Gasteiger partial charge in [0.15, 0.2) is 16.9 Å². The summed E-state index contributed by atoms with van der Waals surface area (Å²) in [4.78, 5) is 46.7. The summed E-state index contributed by atoms with van der Waals surface area (Å²) < 4.78 is 9.81. The number of hydrogen-bond donors (Lipinski definition) is 1. The highest BCUT2D eigenvalue weighted by Crippen LogP contribution is 2.27. The van der Waals surface area contributed by atoms with Crippen molar-refractivity contribution in [2.24, 2.45) is 12.8 Å². The molecule has 1 atom stereocenters. The molecule has 2 aromatic heterocycles. The summed E-state index contributed by atoms with van der Waals surface area (Å²) in [5.41, 5.74) is 5.92. The lowest BCUT2D eigenvalue weighted by atomic mass is 10.1. The van der Waals surface area contributed by atoms with E-state index in [1.54, 1.807) is 42.8 Å². The number of ketones is 1. The van der Waals surface area contributed by atoms with Crippen LogP contribution in [0.5, 0.6) is 5.75 Å². The van der Waals surface area contributed by atoms with Crippen molar-refractivity contribution in [3.8, 4) is 17.6 Å². The molecule has 5 rings (SSSR count). The zero-order valence-corrected chi connectivity index (χ0v) is 20.6. The fourth-order valence-electron chi connectivity index (χ4n) is 4.60. The van der Waals surface area contributed by atoms with Crippen LogP contribution >= 0.6 is 0 Å². The highest BCUT2D eigenvalue weighted by Gasteiger charge is 2.27. The number of anilines is 1. The van der Waals surface area contributed by atoms with Gasteiger partial charge in [0.05, 0.1) is 19.2 Å². The molecule has 0 bridgehead atoms. The zero-order chi connectivity index (χ0) is 25.4. The second kappa shape index (κ2) is 9.66. The van der Waals surface area contributed by atoms with Gasteiger partial charge < -0.3 is 15.4 Å². The molecular weight excluding hydrogens is 460 g/mol. The molecule has 0 spiro atoms. The number of aromatic nitrogens is 4. The minimum Gasteiger partial charge on any atom is -0.490 e. The van der Waals surface area contributed by atoms with Gasteiger partial charge in [0.1, 0.15) is 5.75 Å². The predicted molar refractivity (Wildman–Crippen MR) is 137 cm³/mol. The van der Waals surface area contributed by atoms with Gasteiger partial charge in [-0.25, -0.2) is 4.79 Å². The number of piperidine rings is 1. The quantitative estimate of drug-likeness (QED) is 0.392. The number of carbonyl (C=O) groups excluding carboxylic acids is 1. The van der Waals surface area contributed by atoms with Gasteiger partial charge in [0, 0.05) is 31.7 Å². The summed E-state index contributed by atoms with van der Waals surface area (Å²) in [6.07, 6.45) is 4.04. The first kappa shape index (κ1) is 23.9. The van der Waals surface area contributed by atoms with Gasteiger partial charge in [-0.2, -0.15) is 4.98 Å². The van der Waals surface area contributed by atoms with Gasteiger partial charge in [0.25, 0.3) is 5.56 Å². The molecule has 36 heavy (non-hydrogen) atoms. The fraction of sp³-hybridized carbons (Fsp3) is 0.462. The van der Waals surface area contributed by atoms with Crippen LogP contribution in [0, 0.1) is 11.8 Å². The molecule has 3 aromatic rings. The van der Waals surface area contributed by atoms with E-state index in [1.807, 2.05) is 4.90 Å². The Morgan fingerprint density at radius 1 is 1.22 bits per heavy atom. The lowest BCUT2D eigenvalue weighted by molar-refractivity contribution is 0.0968. The molecule has 1 unspecified atom stereocenters. The number of carbonyl (C=O) groups is 1. The zero-order valence-electron chi connectivity index (χ0n) is 20.6. The van der Waals surface area contributed by atoms with Crippen molar-refractivity contribution in [2.75, 3.05) is 18.0 Å². The van der Waals surface area contributed by atoms with Gasteiger partial charge in [-0.05, 0) is 44.7 Å². The highest BCUT2D eigenvalue weighted by molar-refractivity contribution is 5.96. The monoisotopic (exact) mass is 490 g/mol. The average molecular weight is 491 g/mol. The number of Topliss-reactive ketones (excluding diaryl/α,β-unsaturated/α-hetero) is 1. The first-order valence-corrected chi connectivity index (χ1v) is 12.3. The smallest absolute Gasteiger partial charge is 0.332 e. The van der Waals surface area contributed by atoms with Crippen LogP contribution in [0.15, 0.2) is 33.9 Å². The van der Waals surface area contributed by atoms with Crippen molar-refractivity contribution in [2.45, 2.75) is 57.8 Å². The maximum atomic E-state index is 13.7. The predicted octanol–water partition coefficient (Wildman–Crippen LogP) is 1.27. The molecule has 1 aliphatic carbocycles. The Balaban J connectivity index is 1.57. The van der Waals surface area contributed by atoms with Crippen LogP contribution in [-0.4, -0.2) is 49.7 Å². The largest absolute Gasteiger partial charge is 0.490 e. The summed E-state index contributed by atoms with van der Waals surface area (Å²) in [6, 6.07) is 6.86. The number of imidazole rings is 1. The molecule has 0 amide bonds. The van der Waals surface area contributed by atoms with Crippen molar-refractivity contribution >= 4 is 22.9 Å². The Hall–Kier alpha value is -3.84. The molecule has 1 saturated heterocycles. The van der Waals surface area contributed by atoms with Crippen LogP contribution in [0.25, 0.3) is 11.2 Å². The standard InChI is InChI=1S/C26H30N6O4/c1-3-4-13-31-22-23(28-25(31)30-12-6-8-18(27)15-30)29(2)26(35)32(24(22)34)16-21(33)17-7-5-9-20(14-17)36-19-10-11-19/h5,7,9,14,18-19H,6,8,10-13,15-16,27H2,1-2H3. The molecule has 1 aromatic carbocycles. The van der Waals surface area contributed by atoms with Crippen LogP contribution in [0.3, 0.4) is 0 Å². The van der Waals surface area contributed by atoms with Crippen molar-refractivity contribution < 1.29 is 9.53 Å². The molecule has 10 heteroatoms. The number of benzene rings is 1. The lowest BCUT2D eigenvalue weighted by Crippen LogP contribution is -2.44. The van der Waals surface area contributed by atoms with Crippen molar-refractivity contribution in [1.82, 2.24) is 18.7 Å². The van der Waals surface area contributed by atoms with Gasteiger partial charge in [-0.3, -0.25) is 23.3 Å². The first-order chi connectivity index (χ1) is 17.4. The minimum absolute atomic E-state index is 0.00188. The lowest BCUT2D eigenvalue weighted by Gasteiger charge is -2.31. The summed E-state index contributed by atoms with van der Waals surface area (Å²) in [5, 5.41) is 0. The normalized spacial score (nSPS) is 17.6. The molecule has 1 aliphatic heterocycles. The summed E-state index contributed by atoms with van der Waals surface area (Å²) in [7, 11) is 1.56. The molecule has 2 aliphatic rings. The molecule has 2 N–H and O–H groups in total. The van der Waals surface area contributed by atoms with E-state index in [-0.39, 0.29) is 42.2 Å². The number of hydrogen-bond acceptors (Lipinski definition) is 7. The van der Waals surface area contributed by atoms with Gasteiger partial charge in [0.2, 0.25) is 5.95 Å². The number of nitrogens with two attached hydrogens (primary N) is 1. The van der Waals surface area contributed by atoms with E-state index in [0.29, 0.717) is 23.8 Å². The molecule has 10 nitrogen and oxygen atoms in total. The molecule has 0 radical (unpaired) electrons. The molecular formula is C26H30N6O4. The van der Waals surface area contributed by atoms with Crippen molar-refractivity contribution in [3.05, 3.63) is 50.7 Å². The first-order valence-electron chi connectivity index (χ1n) is 12.3. The number of fused-ring (bicyclic) bond motifs is 1. The molecule has 2 fully saturated rings. The van der Waals surface area contributed by atoms with E-state index < -0.39 is 11.2 Å². The molecule has 188 valence electrons. The van der Waals surface area contributed by atoms with Crippen molar-refractivity contribution in [3.63, 3.8) is 0 Å². The van der Waals surface area contributed by atoms with E-state index in [0.717, 1.165) is 36.8 Å². The van der Waals surface area contributed by atoms with Crippen LogP contribution < -0.4 is 26.6 Å². The third kappa shape index (κ3) is 4.54. The molecule has 1 saturated carbocycles. The summed E-state index contributed by atoms with van der Waals surface area (Å²) in [6.45, 7) is 2.92. The Morgan fingerprint density at radius 2 is 2.03 bits per heavy atom. The number of rotatable bonds is 7. The van der Waals surface area contributed by atoms with E-state index in [9.17, 15) is 14.4 Å². The van der Waals surface area contributed by atoms with E-state index in [2.05, 4.69) is 16.8 Å². The van der Waals surface area contributed by atoms with Crippen LogP contribution in [0.4, 0.5) is 5.95 Å². The number of aryl methyl sites for hydroxylation is 1. The van der Waals surface area contributed by atoms with Crippen LogP contribution in [0.2, 0.25) is 0 Å². The second-order valence-electron chi connectivity index (χ2n) is 9.45. The number of nitrogens with zero attached hydrogens (tertiary/aromatic N) is 5. The van der Waals surface area contributed by atoms with E-state index >= 15 is 0 Å². The van der Waals surface area contributed by atoms with Crippen LogP contribution in [0.1, 0.15) is 43.0 Å². The van der Waals surface area contributed by atoms with E-state index in [1.165, 1.54) is 4.57 Å². The maximum Gasteiger partial charge on any atom is 0.332 e. The Kier molecular flexibility index (Phi) is 6.41. The summed E-state index contributed by atoms with van der Waals surface area (Å²) >= 11 is 0.